The zero-order valence-electron chi connectivity index (χ0n) is 13.9. The lowest BCUT2D eigenvalue weighted by molar-refractivity contribution is 0.0735. The maximum Gasteiger partial charge on any atom is 0.255 e. The van der Waals surface area contributed by atoms with Crippen molar-refractivity contribution in [3.8, 4) is 0 Å². The highest BCUT2D eigenvalue weighted by Crippen LogP contribution is 2.28. The molecular weight excluding hydrogens is 348 g/mol. The monoisotopic (exact) mass is 370 g/mol. The van der Waals surface area contributed by atoms with Gasteiger partial charge in [0.05, 0.1) is 15.5 Å². The highest BCUT2D eigenvalue weighted by atomic mass is 35.5. The minimum atomic E-state index is -3.55. The number of amides is 1. The summed E-state index contributed by atoms with van der Waals surface area (Å²) >= 11 is 6.20. The summed E-state index contributed by atoms with van der Waals surface area (Å²) < 4.78 is 26.9. The predicted molar refractivity (Wildman–Crippen MR) is 93.8 cm³/mol. The second-order valence-corrected chi connectivity index (χ2v) is 8.95. The standard InChI is InChI=1S/C17H23ClN2O3S/c1-19(13-6-2-3-7-13)17(21)15-12-14(8-9-16(15)18)24(22,23)20-10-4-5-11-20/h8-9,12-13H,2-7,10-11H2,1H3. The number of sulfonamides is 1. The molecule has 132 valence electrons. The molecule has 1 heterocycles. The van der Waals surface area contributed by atoms with Gasteiger partial charge < -0.3 is 4.90 Å². The maximum atomic E-state index is 12.8. The summed E-state index contributed by atoms with van der Waals surface area (Å²) in [4.78, 5) is 14.6. The lowest BCUT2D eigenvalue weighted by Crippen LogP contribution is -2.35. The van der Waals surface area contributed by atoms with Gasteiger partial charge in [-0.05, 0) is 43.9 Å². The summed E-state index contributed by atoms with van der Waals surface area (Å²) in [5.41, 5.74) is 0.270. The number of carbonyl (C=O) groups excluding carboxylic acids is 1. The maximum absolute atomic E-state index is 12.8. The van der Waals surface area contributed by atoms with Gasteiger partial charge in [-0.3, -0.25) is 4.79 Å². The van der Waals surface area contributed by atoms with E-state index in [1.54, 1.807) is 11.9 Å². The van der Waals surface area contributed by atoms with Crippen LogP contribution in [0.25, 0.3) is 0 Å². The van der Waals surface area contributed by atoms with E-state index in [0.29, 0.717) is 18.1 Å². The van der Waals surface area contributed by atoms with E-state index < -0.39 is 10.0 Å². The Bertz CT molecular complexity index is 723. The smallest absolute Gasteiger partial charge is 0.255 e. The van der Waals surface area contributed by atoms with Crippen LogP contribution in [0.5, 0.6) is 0 Å². The molecule has 0 atom stereocenters. The van der Waals surface area contributed by atoms with Crippen molar-refractivity contribution >= 4 is 27.5 Å². The highest BCUT2D eigenvalue weighted by Gasteiger charge is 2.30. The number of benzene rings is 1. The molecule has 0 aromatic heterocycles. The molecule has 0 bridgehead atoms. The molecule has 1 saturated carbocycles. The van der Waals surface area contributed by atoms with Crippen LogP contribution in [0.3, 0.4) is 0 Å². The van der Waals surface area contributed by atoms with E-state index >= 15 is 0 Å². The number of nitrogens with zero attached hydrogens (tertiary/aromatic N) is 2. The van der Waals surface area contributed by atoms with Crippen molar-refractivity contribution in [2.24, 2.45) is 0 Å². The predicted octanol–water partition coefficient (Wildman–Crippen LogP) is 3.14. The number of carbonyl (C=O) groups is 1. The lowest BCUT2D eigenvalue weighted by Gasteiger charge is -2.25. The molecular formula is C17H23ClN2O3S. The van der Waals surface area contributed by atoms with Crippen molar-refractivity contribution in [3.05, 3.63) is 28.8 Å². The van der Waals surface area contributed by atoms with Crippen LogP contribution < -0.4 is 0 Å². The quantitative estimate of drug-likeness (QED) is 0.818. The van der Waals surface area contributed by atoms with Crippen LogP contribution in [0.2, 0.25) is 5.02 Å². The van der Waals surface area contributed by atoms with Gasteiger partial charge in [-0.2, -0.15) is 4.31 Å². The van der Waals surface area contributed by atoms with Gasteiger partial charge in [0.15, 0.2) is 0 Å². The Labute approximate surface area is 148 Å². The minimum absolute atomic E-state index is 0.150. The fourth-order valence-electron chi connectivity index (χ4n) is 3.55. The fourth-order valence-corrected chi connectivity index (χ4v) is 5.30. The molecule has 2 fully saturated rings. The summed E-state index contributed by atoms with van der Waals surface area (Å²) in [5, 5.41) is 0.296. The van der Waals surface area contributed by atoms with Gasteiger partial charge in [0, 0.05) is 26.2 Å². The van der Waals surface area contributed by atoms with Crippen molar-refractivity contribution < 1.29 is 13.2 Å². The van der Waals surface area contributed by atoms with Crippen LogP contribution in [0.15, 0.2) is 23.1 Å². The van der Waals surface area contributed by atoms with E-state index in [2.05, 4.69) is 0 Å². The van der Waals surface area contributed by atoms with Crippen LogP contribution in [0.4, 0.5) is 0 Å². The molecule has 1 amide bonds. The van der Waals surface area contributed by atoms with Crippen LogP contribution in [-0.2, 0) is 10.0 Å². The lowest BCUT2D eigenvalue weighted by atomic mass is 10.1. The zero-order chi connectivity index (χ0) is 17.3. The molecule has 0 spiro atoms. The second kappa shape index (κ2) is 7.02. The molecule has 0 radical (unpaired) electrons. The Morgan fingerprint density at radius 2 is 1.79 bits per heavy atom. The minimum Gasteiger partial charge on any atom is -0.339 e. The van der Waals surface area contributed by atoms with Gasteiger partial charge in [-0.1, -0.05) is 24.4 Å². The van der Waals surface area contributed by atoms with Crippen molar-refractivity contribution in [2.45, 2.75) is 49.5 Å². The zero-order valence-corrected chi connectivity index (χ0v) is 15.4. The third kappa shape index (κ3) is 3.32. The first kappa shape index (κ1) is 17.7. The molecule has 0 unspecified atom stereocenters. The van der Waals surface area contributed by atoms with E-state index in [1.165, 1.54) is 22.5 Å². The Balaban J connectivity index is 1.90. The van der Waals surface area contributed by atoms with E-state index in [4.69, 9.17) is 11.6 Å². The van der Waals surface area contributed by atoms with Gasteiger partial charge in [0.2, 0.25) is 10.0 Å². The summed E-state index contributed by atoms with van der Waals surface area (Å²) in [6, 6.07) is 4.65. The average molecular weight is 371 g/mol. The largest absolute Gasteiger partial charge is 0.339 e. The average Bonchev–Trinajstić information content (AvgIpc) is 3.27. The molecule has 1 aromatic carbocycles. The summed E-state index contributed by atoms with van der Waals surface area (Å²) in [6.45, 7) is 1.08. The topological polar surface area (TPSA) is 57.7 Å². The van der Waals surface area contributed by atoms with Crippen molar-refractivity contribution in [2.75, 3.05) is 20.1 Å². The van der Waals surface area contributed by atoms with Crippen LogP contribution >= 0.6 is 11.6 Å². The van der Waals surface area contributed by atoms with Crippen LogP contribution in [0.1, 0.15) is 48.9 Å². The molecule has 2 aliphatic rings. The first-order valence-electron chi connectivity index (χ1n) is 8.48. The Kier molecular flexibility index (Phi) is 5.18. The molecule has 1 aliphatic carbocycles. The van der Waals surface area contributed by atoms with E-state index in [9.17, 15) is 13.2 Å². The van der Waals surface area contributed by atoms with Crippen molar-refractivity contribution in [3.63, 3.8) is 0 Å². The molecule has 24 heavy (non-hydrogen) atoms. The first-order chi connectivity index (χ1) is 11.4. The van der Waals surface area contributed by atoms with Gasteiger partial charge in [-0.15, -0.1) is 0 Å². The molecule has 1 saturated heterocycles. The van der Waals surface area contributed by atoms with E-state index in [-0.39, 0.29) is 22.4 Å². The van der Waals surface area contributed by atoms with Crippen LogP contribution in [0, 0.1) is 0 Å². The molecule has 1 aromatic rings. The molecule has 0 N–H and O–H groups in total. The Morgan fingerprint density at radius 1 is 1.17 bits per heavy atom. The Morgan fingerprint density at radius 3 is 2.42 bits per heavy atom. The SMILES string of the molecule is CN(C(=O)c1cc(S(=O)(=O)N2CCCC2)ccc1Cl)C1CCCC1. The molecule has 1 aliphatic heterocycles. The van der Waals surface area contributed by atoms with Gasteiger partial charge in [0.1, 0.15) is 0 Å². The molecule has 5 nitrogen and oxygen atoms in total. The number of halogens is 1. The normalized spacial score (nSPS) is 19.8. The van der Waals surface area contributed by atoms with Crippen molar-refractivity contribution in [1.29, 1.82) is 0 Å². The highest BCUT2D eigenvalue weighted by molar-refractivity contribution is 7.89. The fraction of sp³-hybridized carbons (Fsp3) is 0.588. The number of hydrogen-bond acceptors (Lipinski definition) is 3. The summed E-state index contributed by atoms with van der Waals surface area (Å²) in [5.74, 6) is -0.203. The molecule has 3 rings (SSSR count). The van der Waals surface area contributed by atoms with E-state index in [0.717, 1.165) is 38.5 Å². The summed E-state index contributed by atoms with van der Waals surface area (Å²) in [6.07, 6.45) is 5.99. The molecule has 7 heteroatoms. The third-order valence-electron chi connectivity index (χ3n) is 5.06. The third-order valence-corrected chi connectivity index (χ3v) is 7.29. The Hall–Kier alpha value is -1.11. The van der Waals surface area contributed by atoms with Crippen LogP contribution in [-0.4, -0.2) is 49.7 Å². The number of rotatable bonds is 4. The van der Waals surface area contributed by atoms with Gasteiger partial charge >= 0.3 is 0 Å². The number of hydrogen-bond donors (Lipinski definition) is 0. The van der Waals surface area contributed by atoms with Crippen molar-refractivity contribution in [1.82, 2.24) is 9.21 Å². The first-order valence-corrected chi connectivity index (χ1v) is 10.3. The van der Waals surface area contributed by atoms with Gasteiger partial charge in [0.25, 0.3) is 5.91 Å². The summed E-state index contributed by atoms with van der Waals surface area (Å²) in [7, 11) is -1.78. The van der Waals surface area contributed by atoms with Gasteiger partial charge in [-0.25, -0.2) is 8.42 Å². The van der Waals surface area contributed by atoms with E-state index in [1.807, 2.05) is 0 Å². The second-order valence-electron chi connectivity index (χ2n) is 6.61.